The minimum Gasteiger partial charge on any atom is -0.345 e. The highest BCUT2D eigenvalue weighted by atomic mass is 35.5. The Morgan fingerprint density at radius 1 is 1.29 bits per heavy atom. The summed E-state index contributed by atoms with van der Waals surface area (Å²) >= 11 is 5.69. The van der Waals surface area contributed by atoms with Crippen LogP contribution < -0.4 is 0 Å². The lowest BCUT2D eigenvalue weighted by molar-refractivity contribution is 0.620. The van der Waals surface area contributed by atoms with Crippen LogP contribution in [0, 0.1) is 5.82 Å². The van der Waals surface area contributed by atoms with E-state index in [4.69, 9.17) is 11.6 Å². The van der Waals surface area contributed by atoms with E-state index in [2.05, 4.69) is 13.8 Å². The van der Waals surface area contributed by atoms with Crippen molar-refractivity contribution >= 4 is 22.5 Å². The number of hydrogen-bond acceptors (Lipinski definition) is 0. The average Bonchev–Trinajstić information content (AvgIpc) is 2.55. The van der Waals surface area contributed by atoms with E-state index in [1.807, 2.05) is 16.8 Å². The van der Waals surface area contributed by atoms with Crippen LogP contribution in [0.4, 0.5) is 4.39 Å². The quantitative estimate of drug-likeness (QED) is 0.672. The van der Waals surface area contributed by atoms with E-state index in [1.165, 1.54) is 0 Å². The Labute approximate surface area is 87.1 Å². The molecule has 1 heterocycles. The summed E-state index contributed by atoms with van der Waals surface area (Å²) < 4.78 is 15.6. The zero-order chi connectivity index (χ0) is 10.3. The van der Waals surface area contributed by atoms with E-state index in [-0.39, 0.29) is 10.8 Å². The summed E-state index contributed by atoms with van der Waals surface area (Å²) in [6, 6.07) is 5.53. The molecule has 0 saturated carbocycles. The van der Waals surface area contributed by atoms with Crippen LogP contribution in [0.15, 0.2) is 24.4 Å². The molecule has 74 valence electrons. The van der Waals surface area contributed by atoms with Gasteiger partial charge < -0.3 is 4.57 Å². The molecule has 0 N–H and O–H groups in total. The SMILES string of the molecule is CC(C)n1ccc2c(F)c(Cl)ccc21. The molecule has 0 radical (unpaired) electrons. The molecule has 2 aromatic rings. The fraction of sp³-hybridized carbons (Fsp3) is 0.273. The first-order valence-corrected chi connectivity index (χ1v) is 4.93. The number of benzene rings is 1. The van der Waals surface area contributed by atoms with Gasteiger partial charge in [0.1, 0.15) is 0 Å². The molecule has 1 aromatic heterocycles. The highest BCUT2D eigenvalue weighted by Gasteiger charge is 2.10. The van der Waals surface area contributed by atoms with Crippen molar-refractivity contribution in [2.24, 2.45) is 0 Å². The number of fused-ring (bicyclic) bond motifs is 1. The minimum absolute atomic E-state index is 0.180. The maximum atomic E-state index is 13.5. The minimum atomic E-state index is -0.330. The summed E-state index contributed by atoms with van der Waals surface area (Å²) in [5.74, 6) is -0.330. The number of hydrogen-bond donors (Lipinski definition) is 0. The molecule has 0 aliphatic carbocycles. The molecule has 1 nitrogen and oxygen atoms in total. The molecule has 0 amide bonds. The Morgan fingerprint density at radius 2 is 2.00 bits per heavy atom. The zero-order valence-corrected chi connectivity index (χ0v) is 8.85. The van der Waals surface area contributed by atoms with E-state index >= 15 is 0 Å². The van der Waals surface area contributed by atoms with Crippen LogP contribution in [-0.2, 0) is 0 Å². The Balaban J connectivity index is 2.77. The van der Waals surface area contributed by atoms with Crippen LogP contribution in [0.1, 0.15) is 19.9 Å². The predicted molar refractivity (Wildman–Crippen MR) is 57.3 cm³/mol. The van der Waals surface area contributed by atoms with Crippen molar-refractivity contribution in [3.8, 4) is 0 Å². The molecule has 3 heteroatoms. The Bertz CT molecular complexity index is 473. The molecule has 0 aliphatic rings. The summed E-state index contributed by atoms with van der Waals surface area (Å²) in [6.07, 6.45) is 1.88. The van der Waals surface area contributed by atoms with E-state index in [0.29, 0.717) is 11.4 Å². The van der Waals surface area contributed by atoms with Crippen LogP contribution in [0.5, 0.6) is 0 Å². The van der Waals surface area contributed by atoms with Gasteiger partial charge in [-0.2, -0.15) is 0 Å². The monoisotopic (exact) mass is 211 g/mol. The normalized spacial score (nSPS) is 11.5. The van der Waals surface area contributed by atoms with Gasteiger partial charge in [-0.25, -0.2) is 4.39 Å². The van der Waals surface area contributed by atoms with Gasteiger partial charge in [0.25, 0.3) is 0 Å². The molecule has 0 atom stereocenters. The lowest BCUT2D eigenvalue weighted by Gasteiger charge is -2.09. The Morgan fingerprint density at radius 3 is 2.64 bits per heavy atom. The largest absolute Gasteiger partial charge is 0.345 e. The van der Waals surface area contributed by atoms with Crippen LogP contribution in [0.25, 0.3) is 10.9 Å². The molecule has 0 bridgehead atoms. The summed E-state index contributed by atoms with van der Waals surface area (Å²) in [6.45, 7) is 4.12. The number of halogens is 2. The smallest absolute Gasteiger partial charge is 0.151 e. The third-order valence-corrected chi connectivity index (χ3v) is 2.64. The lowest BCUT2D eigenvalue weighted by Crippen LogP contribution is -1.97. The highest BCUT2D eigenvalue weighted by Crippen LogP contribution is 2.27. The van der Waals surface area contributed by atoms with Crippen molar-refractivity contribution in [3.05, 3.63) is 35.2 Å². The second kappa shape index (κ2) is 3.28. The number of nitrogens with zero attached hydrogens (tertiary/aromatic N) is 1. The van der Waals surface area contributed by atoms with Gasteiger partial charge in [0.15, 0.2) is 5.82 Å². The van der Waals surface area contributed by atoms with E-state index in [9.17, 15) is 4.39 Å². The first kappa shape index (κ1) is 9.53. The fourth-order valence-corrected chi connectivity index (χ4v) is 1.79. The van der Waals surface area contributed by atoms with Crippen molar-refractivity contribution in [1.29, 1.82) is 0 Å². The molecular weight excluding hydrogens is 201 g/mol. The molecule has 2 rings (SSSR count). The third-order valence-electron chi connectivity index (χ3n) is 2.35. The van der Waals surface area contributed by atoms with Crippen LogP contribution in [0.2, 0.25) is 5.02 Å². The zero-order valence-electron chi connectivity index (χ0n) is 8.09. The summed E-state index contributed by atoms with van der Waals surface area (Å²) in [5, 5.41) is 0.769. The van der Waals surface area contributed by atoms with Crippen molar-refractivity contribution in [1.82, 2.24) is 4.57 Å². The maximum Gasteiger partial charge on any atom is 0.151 e. The van der Waals surface area contributed by atoms with Crippen molar-refractivity contribution in [2.75, 3.05) is 0 Å². The van der Waals surface area contributed by atoms with Crippen LogP contribution in [-0.4, -0.2) is 4.57 Å². The molecule has 0 unspecified atom stereocenters. The first-order valence-electron chi connectivity index (χ1n) is 4.56. The standard InChI is InChI=1S/C11H11ClFN/c1-7(2)14-6-5-8-10(14)4-3-9(12)11(8)13/h3-7H,1-2H3. The van der Waals surface area contributed by atoms with Gasteiger partial charge in [-0.1, -0.05) is 11.6 Å². The third kappa shape index (κ3) is 1.30. The molecule has 0 fully saturated rings. The van der Waals surface area contributed by atoms with Crippen molar-refractivity contribution < 1.29 is 4.39 Å². The van der Waals surface area contributed by atoms with Crippen molar-refractivity contribution in [2.45, 2.75) is 19.9 Å². The van der Waals surface area contributed by atoms with Gasteiger partial charge in [-0.05, 0) is 32.0 Å². The predicted octanol–water partition coefficient (Wildman–Crippen LogP) is 4.01. The Kier molecular flexibility index (Phi) is 2.23. The molecule has 14 heavy (non-hydrogen) atoms. The van der Waals surface area contributed by atoms with E-state index in [0.717, 1.165) is 5.52 Å². The van der Waals surface area contributed by atoms with Crippen LogP contribution >= 0.6 is 11.6 Å². The second-order valence-corrected chi connectivity index (χ2v) is 4.02. The van der Waals surface area contributed by atoms with Gasteiger partial charge >= 0.3 is 0 Å². The highest BCUT2D eigenvalue weighted by molar-refractivity contribution is 6.31. The summed E-state index contributed by atoms with van der Waals surface area (Å²) in [5.41, 5.74) is 0.891. The van der Waals surface area contributed by atoms with E-state index < -0.39 is 0 Å². The fourth-order valence-electron chi connectivity index (χ4n) is 1.63. The Hall–Kier alpha value is -1.02. The molecule has 0 saturated heterocycles. The number of aromatic nitrogens is 1. The maximum absolute atomic E-state index is 13.5. The molecule has 0 spiro atoms. The van der Waals surface area contributed by atoms with E-state index in [1.54, 1.807) is 12.1 Å². The summed E-state index contributed by atoms with van der Waals surface area (Å²) in [4.78, 5) is 0. The lowest BCUT2D eigenvalue weighted by atomic mass is 10.2. The van der Waals surface area contributed by atoms with Gasteiger partial charge in [0, 0.05) is 17.6 Å². The van der Waals surface area contributed by atoms with Crippen molar-refractivity contribution in [3.63, 3.8) is 0 Å². The number of rotatable bonds is 1. The van der Waals surface area contributed by atoms with Gasteiger partial charge in [-0.3, -0.25) is 0 Å². The van der Waals surface area contributed by atoms with Crippen LogP contribution in [0.3, 0.4) is 0 Å². The van der Waals surface area contributed by atoms with Gasteiger partial charge in [-0.15, -0.1) is 0 Å². The molecule has 1 aromatic carbocycles. The summed E-state index contributed by atoms with van der Waals surface area (Å²) in [7, 11) is 0. The van der Waals surface area contributed by atoms with Gasteiger partial charge in [0.05, 0.1) is 10.5 Å². The average molecular weight is 212 g/mol. The molecular formula is C11H11ClFN. The topological polar surface area (TPSA) is 4.93 Å². The van der Waals surface area contributed by atoms with Gasteiger partial charge in [0.2, 0.25) is 0 Å². The second-order valence-electron chi connectivity index (χ2n) is 3.61. The first-order chi connectivity index (χ1) is 6.61. The molecule has 0 aliphatic heterocycles.